The molecule has 1 spiro atoms. The van der Waals surface area contributed by atoms with Crippen LogP contribution in [-0.4, -0.2) is 48.5 Å². The highest BCUT2D eigenvalue weighted by atomic mass is 32.2. The van der Waals surface area contributed by atoms with Crippen LogP contribution in [0.5, 0.6) is 0 Å². The fourth-order valence-electron chi connectivity index (χ4n) is 3.98. The van der Waals surface area contributed by atoms with E-state index in [1.165, 1.54) is 11.4 Å². The van der Waals surface area contributed by atoms with E-state index in [-0.39, 0.29) is 11.5 Å². The van der Waals surface area contributed by atoms with Gasteiger partial charge in [-0.1, -0.05) is 0 Å². The predicted molar refractivity (Wildman–Crippen MR) is 88.4 cm³/mol. The molecule has 9 heteroatoms. The van der Waals surface area contributed by atoms with E-state index in [1.54, 1.807) is 10.7 Å². The monoisotopic (exact) mass is 346 g/mol. The highest BCUT2D eigenvalue weighted by Gasteiger charge is 2.55. The standard InChI is InChI=1S/C15H18N6O2S/c1-19(24(17,22)23)12-5-15(6-12)9-20(10-15)14-11(7-16)8-18-21-4-2-3-13(14)21/h2-4,8,12H,5-6,9-10H2,1H3,(H2,17,22,23). The summed E-state index contributed by atoms with van der Waals surface area (Å²) in [5, 5.41) is 18.8. The number of nitriles is 1. The van der Waals surface area contributed by atoms with Gasteiger partial charge in [0.15, 0.2) is 0 Å². The molecule has 1 saturated carbocycles. The molecule has 0 atom stereocenters. The van der Waals surface area contributed by atoms with Gasteiger partial charge in [0, 0.05) is 37.8 Å². The van der Waals surface area contributed by atoms with E-state index in [0.717, 1.165) is 37.1 Å². The van der Waals surface area contributed by atoms with Crippen LogP contribution in [0, 0.1) is 16.7 Å². The highest BCUT2D eigenvalue weighted by Crippen LogP contribution is 2.52. The second-order valence-electron chi connectivity index (χ2n) is 6.84. The summed E-state index contributed by atoms with van der Waals surface area (Å²) in [7, 11) is -2.10. The molecule has 2 N–H and O–H groups in total. The van der Waals surface area contributed by atoms with Crippen LogP contribution in [0.2, 0.25) is 0 Å². The SMILES string of the molecule is CN(C1CC2(C1)CN(c1c(C#N)cnn3cccc13)C2)S(N)(=O)=O. The van der Waals surface area contributed by atoms with Crippen molar-refractivity contribution in [2.75, 3.05) is 25.0 Å². The number of nitrogens with zero attached hydrogens (tertiary/aromatic N) is 5. The van der Waals surface area contributed by atoms with Crippen molar-refractivity contribution in [3.05, 3.63) is 30.1 Å². The number of anilines is 1. The van der Waals surface area contributed by atoms with Gasteiger partial charge >= 0.3 is 0 Å². The Morgan fingerprint density at radius 2 is 2.17 bits per heavy atom. The van der Waals surface area contributed by atoms with Crippen molar-refractivity contribution in [2.45, 2.75) is 18.9 Å². The first-order valence-corrected chi connectivity index (χ1v) is 9.20. The molecule has 1 aliphatic heterocycles. The van der Waals surface area contributed by atoms with E-state index in [2.05, 4.69) is 16.1 Å². The number of nitrogens with two attached hydrogens (primary N) is 1. The summed E-state index contributed by atoms with van der Waals surface area (Å²) in [6.45, 7) is 1.64. The van der Waals surface area contributed by atoms with Gasteiger partial charge in [0.25, 0.3) is 10.2 Å². The summed E-state index contributed by atoms with van der Waals surface area (Å²) in [5.41, 5.74) is 2.52. The molecular weight excluding hydrogens is 328 g/mol. The van der Waals surface area contributed by atoms with Crippen molar-refractivity contribution in [2.24, 2.45) is 10.6 Å². The first-order valence-electron chi connectivity index (χ1n) is 7.70. The normalized spacial score (nSPS) is 20.2. The molecule has 0 amide bonds. The molecule has 4 rings (SSSR count). The number of fused-ring (bicyclic) bond motifs is 1. The summed E-state index contributed by atoms with van der Waals surface area (Å²) in [5.74, 6) is 0. The molecule has 0 bridgehead atoms. The van der Waals surface area contributed by atoms with Gasteiger partial charge in [0.2, 0.25) is 0 Å². The lowest BCUT2D eigenvalue weighted by Crippen LogP contribution is -2.67. The average molecular weight is 346 g/mol. The van der Waals surface area contributed by atoms with Crippen LogP contribution < -0.4 is 10.0 Å². The van der Waals surface area contributed by atoms with Gasteiger partial charge in [0.05, 0.1) is 23.0 Å². The molecule has 0 unspecified atom stereocenters. The van der Waals surface area contributed by atoms with Crippen molar-refractivity contribution >= 4 is 21.4 Å². The second kappa shape index (κ2) is 4.92. The van der Waals surface area contributed by atoms with Crippen LogP contribution in [0.3, 0.4) is 0 Å². The fraction of sp³-hybridized carbons (Fsp3) is 0.467. The molecule has 1 saturated heterocycles. The Bertz CT molecular complexity index is 946. The third-order valence-corrected chi connectivity index (χ3v) is 6.38. The number of hydrogen-bond donors (Lipinski definition) is 1. The minimum Gasteiger partial charge on any atom is -0.367 e. The molecule has 3 heterocycles. The van der Waals surface area contributed by atoms with E-state index >= 15 is 0 Å². The van der Waals surface area contributed by atoms with Crippen LogP contribution in [0.15, 0.2) is 24.5 Å². The summed E-state index contributed by atoms with van der Waals surface area (Å²) in [6.07, 6.45) is 5.06. The number of hydrogen-bond acceptors (Lipinski definition) is 5. The highest BCUT2D eigenvalue weighted by molar-refractivity contribution is 7.86. The van der Waals surface area contributed by atoms with Gasteiger partial charge in [-0.3, -0.25) is 0 Å². The van der Waals surface area contributed by atoms with E-state index in [1.807, 2.05) is 18.3 Å². The average Bonchev–Trinajstić information content (AvgIpc) is 2.91. The van der Waals surface area contributed by atoms with Gasteiger partial charge in [-0.2, -0.15) is 23.1 Å². The summed E-state index contributed by atoms with van der Waals surface area (Å²) in [4.78, 5) is 2.18. The first kappa shape index (κ1) is 15.4. The minimum absolute atomic E-state index is 0.0247. The second-order valence-corrected chi connectivity index (χ2v) is 8.44. The molecule has 2 fully saturated rings. The molecular formula is C15H18N6O2S. The Labute approximate surface area is 140 Å². The molecule has 1 aliphatic carbocycles. The zero-order valence-electron chi connectivity index (χ0n) is 13.3. The van der Waals surface area contributed by atoms with E-state index in [0.29, 0.717) is 5.56 Å². The van der Waals surface area contributed by atoms with Crippen LogP contribution in [-0.2, 0) is 10.2 Å². The maximum Gasteiger partial charge on any atom is 0.276 e. The molecule has 8 nitrogen and oxygen atoms in total. The number of aromatic nitrogens is 2. The lowest BCUT2D eigenvalue weighted by molar-refractivity contribution is 0.0211. The molecule has 0 radical (unpaired) electrons. The van der Waals surface area contributed by atoms with Crippen LogP contribution in [0.4, 0.5) is 5.69 Å². The third kappa shape index (κ3) is 2.18. The van der Waals surface area contributed by atoms with Crippen molar-refractivity contribution in [1.29, 1.82) is 5.26 Å². The van der Waals surface area contributed by atoms with Crippen molar-refractivity contribution in [3.8, 4) is 6.07 Å². The van der Waals surface area contributed by atoms with Crippen molar-refractivity contribution in [3.63, 3.8) is 0 Å². The Morgan fingerprint density at radius 3 is 2.79 bits per heavy atom. The molecule has 24 heavy (non-hydrogen) atoms. The Morgan fingerprint density at radius 1 is 1.46 bits per heavy atom. The van der Waals surface area contributed by atoms with Crippen LogP contribution in [0.25, 0.3) is 5.52 Å². The smallest absolute Gasteiger partial charge is 0.276 e. The van der Waals surface area contributed by atoms with Crippen LogP contribution in [0.1, 0.15) is 18.4 Å². The quantitative estimate of drug-likeness (QED) is 0.860. The van der Waals surface area contributed by atoms with Gasteiger partial charge in [-0.05, 0) is 25.0 Å². The Balaban J connectivity index is 1.52. The van der Waals surface area contributed by atoms with E-state index in [4.69, 9.17) is 5.14 Å². The van der Waals surface area contributed by atoms with E-state index < -0.39 is 10.2 Å². The molecule has 2 aromatic rings. The summed E-state index contributed by atoms with van der Waals surface area (Å²) in [6, 6.07) is 6.05. The maximum atomic E-state index is 11.4. The van der Waals surface area contributed by atoms with Gasteiger partial charge in [0.1, 0.15) is 6.07 Å². The largest absolute Gasteiger partial charge is 0.367 e. The molecule has 2 aromatic heterocycles. The molecule has 2 aliphatic rings. The summed E-state index contributed by atoms with van der Waals surface area (Å²) < 4.78 is 25.9. The van der Waals surface area contributed by atoms with Gasteiger partial charge in [-0.25, -0.2) is 9.65 Å². The fourth-order valence-corrected chi connectivity index (χ4v) is 4.54. The molecule has 0 aromatic carbocycles. The zero-order chi connectivity index (χ0) is 17.1. The number of rotatable bonds is 3. The lowest BCUT2D eigenvalue weighted by Gasteiger charge is -2.61. The Hall–Kier alpha value is -2.15. The van der Waals surface area contributed by atoms with Gasteiger partial charge in [-0.15, -0.1) is 0 Å². The first-order chi connectivity index (χ1) is 11.3. The minimum atomic E-state index is -3.63. The lowest BCUT2D eigenvalue weighted by atomic mass is 9.60. The third-order valence-electron chi connectivity index (χ3n) is 5.28. The van der Waals surface area contributed by atoms with E-state index in [9.17, 15) is 13.7 Å². The van der Waals surface area contributed by atoms with Crippen LogP contribution >= 0.6 is 0 Å². The van der Waals surface area contributed by atoms with Gasteiger partial charge < -0.3 is 4.90 Å². The molecule has 126 valence electrons. The summed E-state index contributed by atoms with van der Waals surface area (Å²) >= 11 is 0. The topological polar surface area (TPSA) is 108 Å². The van der Waals surface area contributed by atoms with Crippen molar-refractivity contribution < 1.29 is 8.42 Å². The Kier molecular flexibility index (Phi) is 3.16. The zero-order valence-corrected chi connectivity index (χ0v) is 14.1. The predicted octanol–water partition coefficient (Wildman–Crippen LogP) is 0.310. The maximum absolute atomic E-state index is 11.4. The van der Waals surface area contributed by atoms with Crippen molar-refractivity contribution in [1.82, 2.24) is 13.9 Å².